The minimum Gasteiger partial charge on any atom is -0.342 e. The molecule has 1 aliphatic rings. The van der Waals surface area contributed by atoms with E-state index < -0.39 is 0 Å². The Morgan fingerprint density at radius 1 is 1.28 bits per heavy atom. The van der Waals surface area contributed by atoms with Crippen molar-refractivity contribution < 1.29 is 0 Å². The fourth-order valence-corrected chi connectivity index (χ4v) is 4.06. The molecule has 3 aromatic rings. The summed E-state index contributed by atoms with van der Waals surface area (Å²) in [5.41, 5.74) is 7.46. The highest BCUT2D eigenvalue weighted by Crippen LogP contribution is 2.28. The number of aromatic amines is 1. The molecular weight excluding hydrogens is 402 g/mol. The molecule has 25 heavy (non-hydrogen) atoms. The van der Waals surface area contributed by atoms with E-state index >= 15 is 0 Å². The van der Waals surface area contributed by atoms with Crippen molar-refractivity contribution in [3.63, 3.8) is 0 Å². The third-order valence-electron chi connectivity index (χ3n) is 4.30. The summed E-state index contributed by atoms with van der Waals surface area (Å²) < 4.78 is 0.798. The maximum Gasteiger partial charge on any atom is 0.206 e. The van der Waals surface area contributed by atoms with Gasteiger partial charge in [-0.25, -0.2) is 15.0 Å². The number of hydrogen-bond acceptors (Lipinski definition) is 7. The molecule has 4 heterocycles. The quantitative estimate of drug-likeness (QED) is 0.629. The van der Waals surface area contributed by atoms with Gasteiger partial charge in [0.05, 0.1) is 6.20 Å². The van der Waals surface area contributed by atoms with Gasteiger partial charge in [0.1, 0.15) is 9.63 Å². The number of fused-ring (bicyclic) bond motifs is 1. The fraction of sp³-hybridized carbons (Fsp3) is 0.375. The summed E-state index contributed by atoms with van der Waals surface area (Å²) in [7, 11) is 0. The number of piperidine rings is 1. The SMILES string of the molecule is CC1(N)CCN(c2nc3ncc(Sc4ccnc(Br)c4)nc3[nH]2)CC1. The lowest BCUT2D eigenvalue weighted by Crippen LogP contribution is -2.48. The number of imidazole rings is 1. The molecule has 0 atom stereocenters. The lowest BCUT2D eigenvalue weighted by Gasteiger charge is -2.36. The van der Waals surface area contributed by atoms with Crippen LogP contribution < -0.4 is 10.6 Å². The molecule has 0 bridgehead atoms. The van der Waals surface area contributed by atoms with E-state index in [0.29, 0.717) is 11.3 Å². The summed E-state index contributed by atoms with van der Waals surface area (Å²) in [6, 6.07) is 3.89. The van der Waals surface area contributed by atoms with Crippen LogP contribution in [0.2, 0.25) is 0 Å². The van der Waals surface area contributed by atoms with Crippen molar-refractivity contribution in [2.75, 3.05) is 18.0 Å². The van der Waals surface area contributed by atoms with Crippen LogP contribution in [0.5, 0.6) is 0 Å². The lowest BCUT2D eigenvalue weighted by molar-refractivity contribution is 0.362. The van der Waals surface area contributed by atoms with Crippen molar-refractivity contribution in [3.8, 4) is 0 Å². The van der Waals surface area contributed by atoms with Crippen molar-refractivity contribution in [2.24, 2.45) is 5.73 Å². The average Bonchev–Trinajstić information content (AvgIpc) is 2.98. The minimum atomic E-state index is -0.0817. The second kappa shape index (κ2) is 6.54. The number of H-pyrrole nitrogens is 1. The molecule has 130 valence electrons. The van der Waals surface area contributed by atoms with Gasteiger partial charge in [-0.15, -0.1) is 0 Å². The molecule has 0 unspecified atom stereocenters. The van der Waals surface area contributed by atoms with Gasteiger partial charge in [0.2, 0.25) is 5.95 Å². The predicted molar refractivity (Wildman–Crippen MR) is 102 cm³/mol. The Morgan fingerprint density at radius 2 is 2.08 bits per heavy atom. The van der Waals surface area contributed by atoms with E-state index in [1.54, 1.807) is 12.4 Å². The van der Waals surface area contributed by atoms with Gasteiger partial charge in [-0.2, -0.15) is 4.98 Å². The van der Waals surface area contributed by atoms with Crippen LogP contribution in [-0.2, 0) is 0 Å². The van der Waals surface area contributed by atoms with Crippen LogP contribution in [0.3, 0.4) is 0 Å². The maximum absolute atomic E-state index is 6.20. The Hall–Kier alpha value is -1.71. The Labute approximate surface area is 158 Å². The van der Waals surface area contributed by atoms with E-state index in [1.807, 2.05) is 12.1 Å². The van der Waals surface area contributed by atoms with Crippen LogP contribution in [0, 0.1) is 0 Å². The van der Waals surface area contributed by atoms with Gasteiger partial charge in [-0.1, -0.05) is 11.8 Å². The number of aromatic nitrogens is 5. The normalized spacial score (nSPS) is 17.2. The number of rotatable bonds is 3. The smallest absolute Gasteiger partial charge is 0.206 e. The first-order valence-corrected chi connectivity index (χ1v) is 9.65. The Morgan fingerprint density at radius 3 is 2.84 bits per heavy atom. The maximum atomic E-state index is 6.20. The molecule has 3 N–H and O–H groups in total. The van der Waals surface area contributed by atoms with E-state index in [2.05, 4.69) is 52.7 Å². The number of anilines is 1. The number of nitrogens with zero attached hydrogens (tertiary/aromatic N) is 5. The molecule has 7 nitrogen and oxygen atoms in total. The lowest BCUT2D eigenvalue weighted by atomic mass is 9.91. The first-order chi connectivity index (χ1) is 12.0. The van der Waals surface area contributed by atoms with Gasteiger partial charge in [0.25, 0.3) is 0 Å². The first kappa shape index (κ1) is 16.7. The van der Waals surface area contributed by atoms with E-state index in [9.17, 15) is 0 Å². The van der Waals surface area contributed by atoms with Crippen molar-refractivity contribution in [1.29, 1.82) is 0 Å². The molecule has 3 aromatic heterocycles. The zero-order valence-corrected chi connectivity index (χ0v) is 16.1. The first-order valence-electron chi connectivity index (χ1n) is 8.05. The van der Waals surface area contributed by atoms with Crippen LogP contribution in [0.1, 0.15) is 19.8 Å². The molecule has 4 rings (SSSR count). The average molecular weight is 420 g/mol. The largest absolute Gasteiger partial charge is 0.342 e. The van der Waals surface area contributed by atoms with Crippen molar-refractivity contribution in [2.45, 2.75) is 35.2 Å². The molecule has 0 aromatic carbocycles. The molecule has 1 saturated heterocycles. The summed E-state index contributed by atoms with van der Waals surface area (Å²) in [5, 5.41) is 0.814. The number of nitrogens with one attached hydrogen (secondary N) is 1. The Kier molecular flexibility index (Phi) is 4.38. The third-order valence-corrected chi connectivity index (χ3v) is 5.63. The fourth-order valence-electron chi connectivity index (χ4n) is 2.76. The summed E-state index contributed by atoms with van der Waals surface area (Å²) in [5.74, 6) is 0.819. The van der Waals surface area contributed by atoms with Gasteiger partial charge < -0.3 is 15.6 Å². The molecule has 0 amide bonds. The topological polar surface area (TPSA) is 96.6 Å². The van der Waals surface area contributed by atoms with Crippen molar-refractivity contribution in [1.82, 2.24) is 24.9 Å². The molecule has 0 aliphatic carbocycles. The highest BCUT2D eigenvalue weighted by atomic mass is 79.9. The molecular formula is C16H18BrN7S. The Bertz CT molecular complexity index is 900. The zero-order chi connectivity index (χ0) is 17.4. The van der Waals surface area contributed by atoms with Crippen LogP contribution in [0.15, 0.2) is 39.1 Å². The van der Waals surface area contributed by atoms with Gasteiger partial charge in [0.15, 0.2) is 11.3 Å². The van der Waals surface area contributed by atoms with Crippen molar-refractivity contribution >= 4 is 44.9 Å². The van der Waals surface area contributed by atoms with E-state index in [4.69, 9.17) is 5.73 Å². The van der Waals surface area contributed by atoms with Crippen molar-refractivity contribution in [3.05, 3.63) is 29.1 Å². The monoisotopic (exact) mass is 419 g/mol. The van der Waals surface area contributed by atoms with E-state index in [1.165, 1.54) is 11.8 Å². The number of pyridine rings is 1. The predicted octanol–water partition coefficient (Wildman–Crippen LogP) is 2.98. The van der Waals surface area contributed by atoms with Gasteiger partial charge >= 0.3 is 0 Å². The van der Waals surface area contributed by atoms with Gasteiger partial charge in [0, 0.05) is 29.7 Å². The summed E-state index contributed by atoms with van der Waals surface area (Å²) >= 11 is 4.92. The second-order valence-electron chi connectivity index (χ2n) is 6.50. The standard InChI is InChI=1S/C16H18BrN7S/c1-16(18)3-6-24(7-4-16)15-22-13-14(23-15)21-12(9-20-13)25-10-2-5-19-11(17)8-10/h2,5,8-9H,3-4,6-7,18H2,1H3,(H,20,21,22,23). The Balaban J connectivity index is 1.55. The van der Waals surface area contributed by atoms with E-state index in [-0.39, 0.29) is 5.54 Å². The third kappa shape index (κ3) is 3.78. The molecule has 1 fully saturated rings. The molecule has 0 saturated carbocycles. The van der Waals surface area contributed by atoms with Crippen LogP contribution in [-0.4, -0.2) is 43.5 Å². The van der Waals surface area contributed by atoms with Crippen LogP contribution in [0.25, 0.3) is 11.3 Å². The minimum absolute atomic E-state index is 0.0817. The molecule has 0 radical (unpaired) electrons. The molecule has 1 aliphatic heterocycles. The summed E-state index contributed by atoms with van der Waals surface area (Å²) in [6.07, 6.45) is 5.40. The molecule has 0 spiro atoms. The molecule has 9 heteroatoms. The van der Waals surface area contributed by atoms with Crippen LogP contribution in [0.4, 0.5) is 5.95 Å². The summed E-state index contributed by atoms with van der Waals surface area (Å²) in [6.45, 7) is 3.88. The highest BCUT2D eigenvalue weighted by molar-refractivity contribution is 9.10. The van der Waals surface area contributed by atoms with Crippen LogP contribution >= 0.6 is 27.7 Å². The number of nitrogens with two attached hydrogens (primary N) is 1. The zero-order valence-electron chi connectivity index (χ0n) is 13.7. The highest BCUT2D eigenvalue weighted by Gasteiger charge is 2.27. The summed E-state index contributed by atoms with van der Waals surface area (Å²) in [4.78, 5) is 24.3. The number of hydrogen-bond donors (Lipinski definition) is 2. The van der Waals surface area contributed by atoms with Gasteiger partial charge in [-0.05, 0) is 47.8 Å². The van der Waals surface area contributed by atoms with E-state index in [0.717, 1.165) is 46.4 Å². The second-order valence-corrected chi connectivity index (χ2v) is 8.40. The van der Waals surface area contributed by atoms with Gasteiger partial charge in [-0.3, -0.25) is 0 Å². The number of halogens is 1.